The van der Waals surface area contributed by atoms with Crippen molar-refractivity contribution in [1.29, 1.82) is 0 Å². The fourth-order valence-corrected chi connectivity index (χ4v) is 4.43. The summed E-state index contributed by atoms with van der Waals surface area (Å²) in [6.07, 6.45) is 3.54. The highest BCUT2D eigenvalue weighted by atomic mass is 19.2. The molecule has 0 radical (unpaired) electrons. The first-order valence-corrected chi connectivity index (χ1v) is 12.2. The van der Waals surface area contributed by atoms with Gasteiger partial charge in [-0.1, -0.05) is 75.2 Å². The van der Waals surface area contributed by atoms with Crippen LogP contribution in [0.3, 0.4) is 0 Å². The zero-order valence-corrected chi connectivity index (χ0v) is 20.1. The lowest BCUT2D eigenvalue weighted by Gasteiger charge is -2.29. The summed E-state index contributed by atoms with van der Waals surface area (Å²) in [7, 11) is 0. The Kier molecular flexibility index (Phi) is 8.24. The van der Waals surface area contributed by atoms with Crippen molar-refractivity contribution in [2.75, 3.05) is 13.2 Å². The number of unbranched alkanes of at least 4 members (excludes halogenated alkanes) is 1. The third-order valence-electron chi connectivity index (χ3n) is 6.51. The Morgan fingerprint density at radius 1 is 0.686 bits per heavy atom. The van der Waals surface area contributed by atoms with Gasteiger partial charge in [0.15, 0.2) is 29.6 Å². The van der Waals surface area contributed by atoms with E-state index in [9.17, 15) is 13.2 Å². The highest BCUT2D eigenvalue weighted by molar-refractivity contribution is 5.71. The SMILES string of the molecule is CCCCc1ccc(-c2ccc(-c3ccc(C4COC(CCC)OC4)c(F)c3F)cc2)c(F)c1F. The maximum Gasteiger partial charge on any atom is 0.166 e. The maximum absolute atomic E-state index is 15.0. The van der Waals surface area contributed by atoms with Gasteiger partial charge < -0.3 is 9.47 Å². The molecule has 0 bridgehead atoms. The molecule has 3 aromatic rings. The number of ether oxygens (including phenoxy) is 2. The van der Waals surface area contributed by atoms with E-state index in [1.807, 2.05) is 13.8 Å². The minimum Gasteiger partial charge on any atom is -0.352 e. The Balaban J connectivity index is 1.54. The molecule has 186 valence electrons. The molecule has 0 saturated carbocycles. The number of rotatable bonds is 8. The maximum atomic E-state index is 15.0. The number of benzene rings is 3. The molecule has 1 aliphatic heterocycles. The summed E-state index contributed by atoms with van der Waals surface area (Å²) < 4.78 is 70.4. The molecular weight excluding hydrogens is 456 g/mol. The van der Waals surface area contributed by atoms with Crippen LogP contribution in [0.4, 0.5) is 17.6 Å². The summed E-state index contributed by atoms with van der Waals surface area (Å²) in [5.74, 6) is -3.99. The van der Waals surface area contributed by atoms with Gasteiger partial charge in [-0.2, -0.15) is 0 Å². The van der Waals surface area contributed by atoms with Crippen LogP contribution in [-0.2, 0) is 15.9 Å². The van der Waals surface area contributed by atoms with Gasteiger partial charge in [0.2, 0.25) is 0 Å². The van der Waals surface area contributed by atoms with E-state index in [0.717, 1.165) is 25.7 Å². The van der Waals surface area contributed by atoms with Crippen molar-refractivity contribution in [2.24, 2.45) is 0 Å². The number of hydrogen-bond donors (Lipinski definition) is 0. The molecular formula is C29H30F4O2. The molecule has 0 atom stereocenters. The molecule has 0 aromatic heterocycles. The average Bonchev–Trinajstić information content (AvgIpc) is 2.88. The smallest absolute Gasteiger partial charge is 0.166 e. The van der Waals surface area contributed by atoms with Gasteiger partial charge in [0.05, 0.1) is 13.2 Å². The van der Waals surface area contributed by atoms with Gasteiger partial charge >= 0.3 is 0 Å². The Morgan fingerprint density at radius 2 is 1.26 bits per heavy atom. The van der Waals surface area contributed by atoms with Gasteiger partial charge in [-0.25, -0.2) is 17.6 Å². The Bertz CT molecular complexity index is 1150. The minimum absolute atomic E-state index is 0.0980. The predicted molar refractivity (Wildman–Crippen MR) is 129 cm³/mol. The largest absolute Gasteiger partial charge is 0.352 e. The quantitative estimate of drug-likeness (QED) is 0.299. The highest BCUT2D eigenvalue weighted by Crippen LogP contribution is 2.34. The Hall–Kier alpha value is -2.70. The molecule has 1 saturated heterocycles. The highest BCUT2D eigenvalue weighted by Gasteiger charge is 2.27. The Labute approximate surface area is 203 Å². The van der Waals surface area contributed by atoms with Crippen LogP contribution >= 0.6 is 0 Å². The lowest BCUT2D eigenvalue weighted by atomic mass is 9.94. The molecule has 6 heteroatoms. The van der Waals surface area contributed by atoms with E-state index in [-0.39, 0.29) is 42.1 Å². The zero-order chi connectivity index (χ0) is 24.9. The van der Waals surface area contributed by atoms with Crippen LogP contribution in [0.25, 0.3) is 22.3 Å². The average molecular weight is 487 g/mol. The van der Waals surface area contributed by atoms with Crippen molar-refractivity contribution >= 4 is 0 Å². The van der Waals surface area contributed by atoms with E-state index < -0.39 is 23.3 Å². The van der Waals surface area contributed by atoms with E-state index >= 15 is 4.39 Å². The van der Waals surface area contributed by atoms with Crippen LogP contribution in [0.5, 0.6) is 0 Å². The molecule has 3 aromatic carbocycles. The van der Waals surface area contributed by atoms with E-state index in [1.54, 1.807) is 42.5 Å². The van der Waals surface area contributed by atoms with Gasteiger partial charge in [0, 0.05) is 17.0 Å². The first-order valence-electron chi connectivity index (χ1n) is 12.2. The fourth-order valence-electron chi connectivity index (χ4n) is 4.43. The third-order valence-corrected chi connectivity index (χ3v) is 6.51. The molecule has 0 N–H and O–H groups in total. The first kappa shape index (κ1) is 25.4. The lowest BCUT2D eigenvalue weighted by Crippen LogP contribution is -2.31. The summed E-state index contributed by atoms with van der Waals surface area (Å²) in [6, 6.07) is 12.6. The van der Waals surface area contributed by atoms with E-state index in [1.165, 1.54) is 6.07 Å². The standard InChI is InChI=1S/C29H30F4O2/c1-3-5-7-20-12-13-22(27(31)26(20)30)18-8-10-19(11-9-18)23-14-15-24(29(33)28(23)32)21-16-34-25(6-4-2)35-17-21/h8-15,21,25H,3-7,16-17H2,1-2H3. The molecule has 2 nitrogen and oxygen atoms in total. The normalized spacial score (nSPS) is 18.1. The second kappa shape index (κ2) is 11.4. The van der Waals surface area contributed by atoms with Crippen LogP contribution in [0.2, 0.25) is 0 Å². The van der Waals surface area contributed by atoms with E-state index in [4.69, 9.17) is 9.47 Å². The van der Waals surface area contributed by atoms with Crippen molar-refractivity contribution in [2.45, 2.75) is 58.2 Å². The monoisotopic (exact) mass is 486 g/mol. The van der Waals surface area contributed by atoms with Gasteiger partial charge in [-0.3, -0.25) is 0 Å². The van der Waals surface area contributed by atoms with Crippen LogP contribution in [0.1, 0.15) is 56.6 Å². The summed E-state index contributed by atoms with van der Waals surface area (Å²) in [4.78, 5) is 0. The van der Waals surface area contributed by atoms with E-state index in [0.29, 0.717) is 23.1 Å². The van der Waals surface area contributed by atoms with E-state index in [2.05, 4.69) is 0 Å². The van der Waals surface area contributed by atoms with Crippen LogP contribution in [0.15, 0.2) is 48.5 Å². The van der Waals surface area contributed by atoms with Crippen molar-refractivity contribution in [3.63, 3.8) is 0 Å². The minimum atomic E-state index is -0.955. The molecule has 35 heavy (non-hydrogen) atoms. The topological polar surface area (TPSA) is 18.5 Å². The van der Waals surface area contributed by atoms with Gasteiger partial charge in [0.25, 0.3) is 0 Å². The zero-order valence-electron chi connectivity index (χ0n) is 20.1. The molecule has 0 aliphatic carbocycles. The van der Waals surface area contributed by atoms with Crippen molar-refractivity contribution in [3.05, 3.63) is 82.9 Å². The lowest BCUT2D eigenvalue weighted by molar-refractivity contribution is -0.190. The number of hydrogen-bond acceptors (Lipinski definition) is 2. The second-order valence-corrected chi connectivity index (χ2v) is 8.99. The molecule has 1 aliphatic rings. The molecule has 0 unspecified atom stereocenters. The first-order chi connectivity index (χ1) is 16.9. The summed E-state index contributed by atoms with van der Waals surface area (Å²) >= 11 is 0. The molecule has 4 rings (SSSR count). The number of aryl methyl sites for hydroxylation is 1. The van der Waals surface area contributed by atoms with Crippen LogP contribution in [-0.4, -0.2) is 19.5 Å². The molecule has 0 spiro atoms. The second-order valence-electron chi connectivity index (χ2n) is 8.99. The van der Waals surface area contributed by atoms with Gasteiger partial charge in [0.1, 0.15) is 0 Å². The summed E-state index contributed by atoms with van der Waals surface area (Å²) in [6.45, 7) is 4.56. The number of halogens is 4. The molecule has 1 heterocycles. The predicted octanol–water partition coefficient (Wildman–Crippen LogP) is 8.18. The van der Waals surface area contributed by atoms with Crippen molar-refractivity contribution in [1.82, 2.24) is 0 Å². The van der Waals surface area contributed by atoms with Gasteiger partial charge in [-0.05, 0) is 41.5 Å². The molecule has 0 amide bonds. The van der Waals surface area contributed by atoms with Crippen molar-refractivity contribution < 1.29 is 27.0 Å². The summed E-state index contributed by atoms with van der Waals surface area (Å²) in [5, 5.41) is 0. The third kappa shape index (κ3) is 5.44. The fraction of sp³-hybridized carbons (Fsp3) is 0.379. The van der Waals surface area contributed by atoms with Crippen LogP contribution in [0, 0.1) is 23.3 Å². The Morgan fingerprint density at radius 3 is 1.83 bits per heavy atom. The van der Waals surface area contributed by atoms with Gasteiger partial charge in [-0.15, -0.1) is 0 Å². The van der Waals surface area contributed by atoms with Crippen LogP contribution < -0.4 is 0 Å². The summed E-state index contributed by atoms with van der Waals surface area (Å²) in [5.41, 5.74) is 1.71. The van der Waals surface area contributed by atoms with Crippen molar-refractivity contribution in [3.8, 4) is 22.3 Å². The molecule has 1 fully saturated rings.